The van der Waals surface area contributed by atoms with E-state index in [1.807, 2.05) is 0 Å². The summed E-state index contributed by atoms with van der Waals surface area (Å²) in [5.74, 6) is -0.264. The van der Waals surface area contributed by atoms with E-state index in [9.17, 15) is 9.59 Å². The van der Waals surface area contributed by atoms with Crippen molar-refractivity contribution in [3.63, 3.8) is 0 Å². The van der Waals surface area contributed by atoms with Gasteiger partial charge >= 0.3 is 0 Å². The van der Waals surface area contributed by atoms with Gasteiger partial charge in [-0.15, -0.1) is 0 Å². The Kier molecular flexibility index (Phi) is 2.14. The molecule has 0 aromatic carbocycles. The van der Waals surface area contributed by atoms with Crippen molar-refractivity contribution < 1.29 is 9.59 Å². The lowest BCUT2D eigenvalue weighted by Crippen LogP contribution is -2.01. The molecule has 1 aromatic heterocycles. The van der Waals surface area contributed by atoms with Gasteiger partial charge in [0, 0.05) is 12.3 Å². The van der Waals surface area contributed by atoms with Gasteiger partial charge in [0.1, 0.15) is 5.69 Å². The minimum atomic E-state index is -0.156. The molecule has 58 valence electrons. The van der Waals surface area contributed by atoms with Crippen LogP contribution in [0.5, 0.6) is 0 Å². The normalized spacial score (nSPS) is 9.64. The summed E-state index contributed by atoms with van der Waals surface area (Å²) in [5, 5.41) is 1.60. The highest BCUT2D eigenvalue weighted by Crippen LogP contribution is 2.11. The van der Waals surface area contributed by atoms with Crippen molar-refractivity contribution in [3.05, 3.63) is 16.6 Å². The minimum Gasteiger partial charge on any atom is -0.294 e. The first-order valence-electron chi connectivity index (χ1n) is 3.09. The van der Waals surface area contributed by atoms with Crippen LogP contribution in [0.25, 0.3) is 0 Å². The van der Waals surface area contributed by atoms with Gasteiger partial charge in [0.15, 0.2) is 11.6 Å². The van der Waals surface area contributed by atoms with Crippen molar-refractivity contribution in [2.24, 2.45) is 0 Å². The second kappa shape index (κ2) is 2.92. The van der Waals surface area contributed by atoms with Crippen LogP contribution in [-0.2, 0) is 0 Å². The van der Waals surface area contributed by atoms with Crippen LogP contribution in [-0.4, -0.2) is 15.9 Å². The maximum atomic E-state index is 10.8. The van der Waals surface area contributed by atoms with E-state index in [0.717, 1.165) is 11.5 Å². The fourth-order valence-electron chi connectivity index (χ4n) is 0.740. The van der Waals surface area contributed by atoms with Crippen molar-refractivity contribution in [2.75, 3.05) is 0 Å². The summed E-state index contributed by atoms with van der Waals surface area (Å²) in [4.78, 5) is 21.7. The predicted molar refractivity (Wildman–Crippen MR) is 42.1 cm³/mol. The molecule has 0 radical (unpaired) electrons. The monoisotopic (exact) mass is 169 g/mol. The Morgan fingerprint density at radius 3 is 2.36 bits per heavy atom. The molecule has 0 N–H and O–H groups in total. The second-order valence-corrected chi connectivity index (χ2v) is 2.82. The second-order valence-electron chi connectivity index (χ2n) is 2.19. The minimum absolute atomic E-state index is 0.107. The number of carbonyl (C=O) groups is 2. The number of carbonyl (C=O) groups excluding carboxylic acids is 2. The summed E-state index contributed by atoms with van der Waals surface area (Å²) in [6.07, 6.45) is 0. The Morgan fingerprint density at radius 1 is 1.36 bits per heavy atom. The molecule has 0 bridgehead atoms. The maximum Gasteiger partial charge on any atom is 0.179 e. The lowest BCUT2D eigenvalue weighted by atomic mass is 10.1. The highest BCUT2D eigenvalue weighted by atomic mass is 32.1. The summed E-state index contributed by atoms with van der Waals surface area (Å²) >= 11 is 1.13. The number of Topliss-reactive ketones (excluding diaryl/α,β-unsaturated/α-hetero) is 2. The number of nitrogens with zero attached hydrogens (tertiary/aromatic N) is 1. The summed E-state index contributed by atoms with van der Waals surface area (Å²) in [6, 6.07) is 0. The molecule has 1 heterocycles. The predicted octanol–water partition coefficient (Wildman–Crippen LogP) is 1.55. The molecule has 0 saturated heterocycles. The summed E-state index contributed by atoms with van der Waals surface area (Å²) in [6.45, 7) is 2.83. The molecule has 0 fully saturated rings. The molecule has 3 nitrogen and oxygen atoms in total. The van der Waals surface area contributed by atoms with Crippen molar-refractivity contribution in [1.82, 2.24) is 4.37 Å². The highest BCUT2D eigenvalue weighted by Gasteiger charge is 2.13. The first-order chi connectivity index (χ1) is 5.13. The van der Waals surface area contributed by atoms with Gasteiger partial charge in [0.05, 0.1) is 5.56 Å². The van der Waals surface area contributed by atoms with Crippen LogP contribution in [0.15, 0.2) is 5.38 Å². The largest absolute Gasteiger partial charge is 0.294 e. The van der Waals surface area contributed by atoms with Crippen molar-refractivity contribution >= 4 is 23.1 Å². The number of hydrogen-bond acceptors (Lipinski definition) is 4. The molecule has 1 aromatic rings. The quantitative estimate of drug-likeness (QED) is 0.631. The third kappa shape index (κ3) is 1.51. The van der Waals surface area contributed by atoms with Crippen LogP contribution in [0.3, 0.4) is 0 Å². The van der Waals surface area contributed by atoms with Crippen molar-refractivity contribution in [1.29, 1.82) is 0 Å². The molecule has 0 unspecified atom stereocenters. The zero-order valence-electron chi connectivity index (χ0n) is 6.25. The average molecular weight is 169 g/mol. The summed E-state index contributed by atoms with van der Waals surface area (Å²) < 4.78 is 3.81. The molecular formula is C7H7NO2S. The van der Waals surface area contributed by atoms with E-state index in [-0.39, 0.29) is 11.6 Å². The Labute approximate surface area is 68.2 Å². The van der Waals surface area contributed by atoms with E-state index in [1.54, 1.807) is 5.38 Å². The van der Waals surface area contributed by atoms with Gasteiger partial charge in [-0.3, -0.25) is 9.59 Å². The van der Waals surface area contributed by atoms with Crippen molar-refractivity contribution in [3.8, 4) is 0 Å². The SMILES string of the molecule is CC(=O)c1csnc1C(C)=O. The molecule has 4 heteroatoms. The fraction of sp³-hybridized carbons (Fsp3) is 0.286. The smallest absolute Gasteiger partial charge is 0.179 e. The summed E-state index contributed by atoms with van der Waals surface area (Å²) in [7, 11) is 0. The Hall–Kier alpha value is -1.03. The number of aromatic nitrogens is 1. The first-order valence-corrected chi connectivity index (χ1v) is 3.93. The zero-order valence-corrected chi connectivity index (χ0v) is 7.07. The van der Waals surface area contributed by atoms with Gasteiger partial charge < -0.3 is 0 Å². The standard InChI is InChI=1S/C7H7NO2S/c1-4(9)6-3-11-8-7(6)5(2)10/h3H,1-2H3. The van der Waals surface area contributed by atoms with Gasteiger partial charge in [-0.25, -0.2) is 0 Å². The van der Waals surface area contributed by atoms with Crippen LogP contribution >= 0.6 is 11.5 Å². The van der Waals surface area contributed by atoms with Gasteiger partial charge in [-0.2, -0.15) is 4.37 Å². The Bertz CT molecular complexity index is 275. The van der Waals surface area contributed by atoms with Gasteiger partial charge in [-0.1, -0.05) is 0 Å². The van der Waals surface area contributed by atoms with Crippen LogP contribution in [0.1, 0.15) is 34.7 Å². The Balaban J connectivity index is 3.16. The van der Waals surface area contributed by atoms with E-state index in [0.29, 0.717) is 11.3 Å². The highest BCUT2D eigenvalue weighted by molar-refractivity contribution is 7.04. The molecule has 0 aliphatic rings. The van der Waals surface area contributed by atoms with Crippen molar-refractivity contribution in [2.45, 2.75) is 13.8 Å². The number of hydrogen-bond donors (Lipinski definition) is 0. The molecular weight excluding hydrogens is 162 g/mol. The van der Waals surface area contributed by atoms with Gasteiger partial charge in [0.25, 0.3) is 0 Å². The van der Waals surface area contributed by atoms with E-state index in [4.69, 9.17) is 0 Å². The van der Waals surface area contributed by atoms with E-state index >= 15 is 0 Å². The molecule has 0 aliphatic heterocycles. The molecule has 11 heavy (non-hydrogen) atoms. The van der Waals surface area contributed by atoms with Gasteiger partial charge in [0.2, 0.25) is 0 Å². The van der Waals surface area contributed by atoms with E-state index in [2.05, 4.69) is 4.37 Å². The first kappa shape index (κ1) is 8.07. The molecule has 0 amide bonds. The molecule has 0 saturated carbocycles. The van der Waals surface area contributed by atoms with Crippen LogP contribution < -0.4 is 0 Å². The lowest BCUT2D eigenvalue weighted by Gasteiger charge is -1.90. The fourth-order valence-corrected chi connectivity index (χ4v) is 1.51. The third-order valence-corrected chi connectivity index (χ3v) is 1.91. The molecule has 1 rings (SSSR count). The van der Waals surface area contributed by atoms with E-state index < -0.39 is 0 Å². The third-order valence-electron chi connectivity index (χ3n) is 1.28. The zero-order chi connectivity index (χ0) is 8.43. The number of rotatable bonds is 2. The molecule has 0 aliphatic carbocycles. The maximum absolute atomic E-state index is 10.8. The topological polar surface area (TPSA) is 47.0 Å². The number of ketones is 2. The average Bonchev–Trinajstić information content (AvgIpc) is 2.32. The molecule has 0 atom stereocenters. The van der Waals surface area contributed by atoms with Crippen LogP contribution in [0.4, 0.5) is 0 Å². The summed E-state index contributed by atoms with van der Waals surface area (Å²) in [5.41, 5.74) is 0.727. The Morgan fingerprint density at radius 2 is 2.00 bits per heavy atom. The van der Waals surface area contributed by atoms with E-state index in [1.165, 1.54) is 13.8 Å². The lowest BCUT2D eigenvalue weighted by molar-refractivity contribution is 0.0978. The molecule has 0 spiro atoms. The van der Waals surface area contributed by atoms with Crippen LogP contribution in [0, 0.1) is 0 Å². The van der Waals surface area contributed by atoms with Gasteiger partial charge in [-0.05, 0) is 18.5 Å². The van der Waals surface area contributed by atoms with Crippen LogP contribution in [0.2, 0.25) is 0 Å².